The highest BCUT2D eigenvalue weighted by atomic mass is 16.6. The molecular formula is C36H54N4O6. The van der Waals surface area contributed by atoms with Gasteiger partial charge in [0.25, 0.3) is 0 Å². The highest BCUT2D eigenvalue weighted by Gasteiger charge is 2.64. The molecule has 1 aromatic carbocycles. The van der Waals surface area contributed by atoms with Gasteiger partial charge in [0.15, 0.2) is 0 Å². The van der Waals surface area contributed by atoms with Gasteiger partial charge in [0, 0.05) is 32.1 Å². The quantitative estimate of drug-likeness (QED) is 0.339. The zero-order chi connectivity index (χ0) is 33.0. The zero-order valence-electron chi connectivity index (χ0n) is 28.6. The first-order valence-corrected chi connectivity index (χ1v) is 17.2. The van der Waals surface area contributed by atoms with Crippen molar-refractivity contribution in [2.45, 2.75) is 122 Å². The van der Waals surface area contributed by atoms with E-state index in [0.717, 1.165) is 37.9 Å². The fourth-order valence-electron chi connectivity index (χ4n) is 8.70. The van der Waals surface area contributed by atoms with E-state index in [1.165, 1.54) is 32.1 Å². The van der Waals surface area contributed by atoms with Crippen LogP contribution in [0, 0.1) is 22.7 Å². The third kappa shape index (κ3) is 7.42. The molecule has 2 saturated heterocycles. The van der Waals surface area contributed by atoms with E-state index >= 15 is 0 Å². The van der Waals surface area contributed by atoms with Crippen molar-refractivity contribution in [2.24, 2.45) is 22.7 Å². The Bertz CT molecular complexity index is 1310. The smallest absolute Gasteiger partial charge is 0.410 e. The van der Waals surface area contributed by atoms with E-state index in [2.05, 4.69) is 16.0 Å². The summed E-state index contributed by atoms with van der Waals surface area (Å²) >= 11 is 0. The SMILES string of the molecule is CC(C)(C)OC(=O)N[C@]12CN(C(=O)OCc3ccccc3)C[C@H]1CC1(CC1)C2.CC(C)(C)OC(=O)N[C@]12CNC[C@H]1CC1(CC1)C2. The topological polar surface area (TPSA) is 118 Å². The minimum absolute atomic E-state index is 0.0428. The van der Waals surface area contributed by atoms with Crippen molar-refractivity contribution < 1.29 is 28.6 Å². The molecule has 7 rings (SSSR count). The molecule has 0 bridgehead atoms. The Morgan fingerprint density at radius 1 is 0.826 bits per heavy atom. The molecule has 2 aliphatic heterocycles. The van der Waals surface area contributed by atoms with Crippen LogP contribution in [-0.2, 0) is 20.8 Å². The van der Waals surface area contributed by atoms with E-state index in [-0.39, 0.29) is 30.3 Å². The van der Waals surface area contributed by atoms with Crippen LogP contribution < -0.4 is 16.0 Å². The van der Waals surface area contributed by atoms with Gasteiger partial charge in [-0.05, 0) is 115 Å². The van der Waals surface area contributed by atoms with Crippen LogP contribution in [0.5, 0.6) is 0 Å². The summed E-state index contributed by atoms with van der Waals surface area (Å²) in [7, 11) is 0. The molecule has 2 heterocycles. The van der Waals surface area contributed by atoms with Crippen molar-refractivity contribution in [3.05, 3.63) is 35.9 Å². The van der Waals surface area contributed by atoms with Crippen LogP contribution in [0.4, 0.5) is 14.4 Å². The molecule has 6 aliphatic rings. The lowest BCUT2D eigenvalue weighted by Gasteiger charge is -2.32. The molecule has 6 fully saturated rings. The number of rotatable bonds is 4. The predicted octanol–water partition coefficient (Wildman–Crippen LogP) is 6.14. The molecule has 2 spiro atoms. The van der Waals surface area contributed by atoms with Crippen molar-refractivity contribution >= 4 is 18.3 Å². The molecule has 3 amide bonds. The first kappa shape index (κ1) is 32.9. The Morgan fingerprint density at radius 2 is 1.37 bits per heavy atom. The summed E-state index contributed by atoms with van der Waals surface area (Å²) in [6.45, 7) is 14.6. The van der Waals surface area contributed by atoms with Gasteiger partial charge in [0.1, 0.15) is 17.8 Å². The highest BCUT2D eigenvalue weighted by molar-refractivity contribution is 5.72. The number of nitrogens with zero attached hydrogens (tertiary/aromatic N) is 1. The van der Waals surface area contributed by atoms with Crippen LogP contribution in [-0.4, -0.2) is 71.6 Å². The molecule has 4 aliphatic carbocycles. The van der Waals surface area contributed by atoms with Gasteiger partial charge in [-0.1, -0.05) is 30.3 Å². The van der Waals surface area contributed by atoms with Gasteiger partial charge in [-0.25, -0.2) is 14.4 Å². The van der Waals surface area contributed by atoms with Gasteiger partial charge in [0.2, 0.25) is 0 Å². The molecule has 3 N–H and O–H groups in total. The summed E-state index contributed by atoms with van der Waals surface area (Å²) in [6.07, 6.45) is 8.57. The van der Waals surface area contributed by atoms with Crippen LogP contribution in [0.25, 0.3) is 0 Å². The molecule has 4 atom stereocenters. The van der Waals surface area contributed by atoms with Crippen molar-refractivity contribution in [1.82, 2.24) is 20.9 Å². The molecule has 46 heavy (non-hydrogen) atoms. The minimum atomic E-state index is -0.543. The van der Waals surface area contributed by atoms with E-state index in [1.807, 2.05) is 71.9 Å². The number of ether oxygens (including phenoxy) is 3. The van der Waals surface area contributed by atoms with E-state index in [4.69, 9.17) is 14.2 Å². The second kappa shape index (κ2) is 11.6. The van der Waals surface area contributed by atoms with Crippen LogP contribution >= 0.6 is 0 Å². The zero-order valence-corrected chi connectivity index (χ0v) is 28.6. The number of benzene rings is 1. The second-order valence-corrected chi connectivity index (χ2v) is 17.3. The summed E-state index contributed by atoms with van der Waals surface area (Å²) in [5.74, 6) is 0.847. The molecule has 1 aromatic rings. The molecule has 0 unspecified atom stereocenters. The number of carbonyl (C=O) groups excluding carboxylic acids is 3. The molecule has 0 radical (unpaired) electrons. The first-order valence-electron chi connectivity index (χ1n) is 17.2. The lowest BCUT2D eigenvalue weighted by molar-refractivity contribution is 0.0430. The average Bonchev–Trinajstić information content (AvgIpc) is 3.70. The van der Waals surface area contributed by atoms with E-state index < -0.39 is 22.8 Å². The molecule has 4 saturated carbocycles. The van der Waals surface area contributed by atoms with E-state index in [1.54, 1.807) is 4.90 Å². The highest BCUT2D eigenvalue weighted by Crippen LogP contribution is 2.65. The second-order valence-electron chi connectivity index (χ2n) is 17.3. The number of alkyl carbamates (subject to hydrolysis) is 2. The number of nitrogens with one attached hydrogen (secondary N) is 3. The van der Waals surface area contributed by atoms with Gasteiger partial charge >= 0.3 is 18.3 Å². The number of fused-ring (bicyclic) bond motifs is 2. The van der Waals surface area contributed by atoms with Gasteiger partial charge in [-0.3, -0.25) is 0 Å². The summed E-state index contributed by atoms with van der Waals surface area (Å²) in [4.78, 5) is 38.9. The van der Waals surface area contributed by atoms with Crippen LogP contribution in [0.15, 0.2) is 30.3 Å². The van der Waals surface area contributed by atoms with E-state index in [0.29, 0.717) is 29.8 Å². The maximum atomic E-state index is 12.6. The summed E-state index contributed by atoms with van der Waals surface area (Å²) in [5, 5.41) is 9.77. The monoisotopic (exact) mass is 638 g/mol. The summed E-state index contributed by atoms with van der Waals surface area (Å²) in [6, 6.07) is 9.67. The van der Waals surface area contributed by atoms with Crippen molar-refractivity contribution in [1.29, 1.82) is 0 Å². The minimum Gasteiger partial charge on any atom is -0.445 e. The van der Waals surface area contributed by atoms with Crippen molar-refractivity contribution in [2.75, 3.05) is 26.2 Å². The maximum absolute atomic E-state index is 12.6. The lowest BCUT2D eigenvalue weighted by atomic mass is 9.90. The van der Waals surface area contributed by atoms with Crippen molar-refractivity contribution in [3.63, 3.8) is 0 Å². The van der Waals surface area contributed by atoms with Gasteiger partial charge in [-0.15, -0.1) is 0 Å². The summed E-state index contributed by atoms with van der Waals surface area (Å²) < 4.78 is 16.4. The molecule has 254 valence electrons. The Balaban J connectivity index is 0.000000178. The van der Waals surface area contributed by atoms with Crippen LogP contribution in [0.2, 0.25) is 0 Å². The normalized spacial score (nSPS) is 31.0. The third-order valence-corrected chi connectivity index (χ3v) is 10.9. The molecule has 0 aromatic heterocycles. The maximum Gasteiger partial charge on any atom is 0.410 e. The lowest BCUT2D eigenvalue weighted by Crippen LogP contribution is -2.53. The van der Waals surface area contributed by atoms with Gasteiger partial charge in [0.05, 0.1) is 11.1 Å². The number of hydrogen-bond donors (Lipinski definition) is 3. The fourth-order valence-corrected chi connectivity index (χ4v) is 8.70. The van der Waals surface area contributed by atoms with Gasteiger partial charge in [-0.2, -0.15) is 0 Å². The summed E-state index contributed by atoms with van der Waals surface area (Å²) in [5.41, 5.74) is 0.482. The van der Waals surface area contributed by atoms with E-state index in [9.17, 15) is 14.4 Å². The number of likely N-dealkylation sites (tertiary alicyclic amines) is 1. The molecule has 10 heteroatoms. The Labute approximate surface area is 274 Å². The Hall–Kier alpha value is -3.01. The first-order chi connectivity index (χ1) is 21.5. The Kier molecular flexibility index (Phi) is 8.30. The molecule has 10 nitrogen and oxygen atoms in total. The third-order valence-electron chi connectivity index (χ3n) is 10.9. The number of amides is 3. The largest absolute Gasteiger partial charge is 0.445 e. The predicted molar refractivity (Wildman–Crippen MR) is 174 cm³/mol. The number of carbonyl (C=O) groups is 3. The Morgan fingerprint density at radius 3 is 1.93 bits per heavy atom. The standard InChI is InChI=1S/C22H30N2O4.C14H24N2O2/c1-20(2,3)28-18(25)23-22-14-21(9-10-21)11-17(22)12-24(15-22)19(26)27-13-16-7-5-4-6-8-16;1-12(2,3)18-11(17)16-14-8-13(4-5-13)6-10(14)7-15-9-14/h4-8,17H,9-15H2,1-3H3,(H,23,25);10,15H,4-9H2,1-3H3,(H,16,17)/t17-,22-;10-,14-/m11/s1. The number of hydrogen-bond acceptors (Lipinski definition) is 7. The molecular weight excluding hydrogens is 584 g/mol. The van der Waals surface area contributed by atoms with Crippen LogP contribution in [0.3, 0.4) is 0 Å². The van der Waals surface area contributed by atoms with Crippen LogP contribution in [0.1, 0.15) is 98.5 Å². The fraction of sp³-hybridized carbons (Fsp3) is 0.750. The average molecular weight is 639 g/mol. The van der Waals surface area contributed by atoms with Crippen molar-refractivity contribution in [3.8, 4) is 0 Å². The van der Waals surface area contributed by atoms with Gasteiger partial charge < -0.3 is 35.1 Å².